The summed E-state index contributed by atoms with van der Waals surface area (Å²) in [6, 6.07) is 7.37. The molecule has 1 N–H and O–H groups in total. The maximum absolute atomic E-state index is 12.5. The summed E-state index contributed by atoms with van der Waals surface area (Å²) in [5.74, 6) is -0.553. The van der Waals surface area contributed by atoms with E-state index in [9.17, 15) is 9.59 Å². The number of carbonyl (C=O) groups excluding carboxylic acids is 2. The number of benzene rings is 1. The van der Waals surface area contributed by atoms with Crippen molar-refractivity contribution in [3.63, 3.8) is 0 Å². The lowest BCUT2D eigenvalue weighted by molar-refractivity contribution is -0.140. The van der Waals surface area contributed by atoms with Crippen molar-refractivity contribution in [1.82, 2.24) is 5.32 Å². The number of nitrogens with zero attached hydrogens (tertiary/aromatic N) is 2. The van der Waals surface area contributed by atoms with Gasteiger partial charge in [-0.05, 0) is 38.5 Å². The average molecular weight is 406 g/mol. The largest absolute Gasteiger partial charge is 0.465 e. The van der Waals surface area contributed by atoms with Crippen LogP contribution in [0.25, 0.3) is 0 Å². The zero-order chi connectivity index (χ0) is 20.7. The lowest BCUT2D eigenvalue weighted by Crippen LogP contribution is -2.31. The molecule has 7 nitrogen and oxygen atoms in total. The maximum Gasteiger partial charge on any atom is 0.338 e. The highest BCUT2D eigenvalue weighted by Crippen LogP contribution is 2.33. The average Bonchev–Trinajstić information content (AvgIpc) is 2.66. The van der Waals surface area contributed by atoms with E-state index in [0.717, 1.165) is 11.3 Å². The number of anilines is 1. The highest BCUT2D eigenvalue weighted by molar-refractivity contribution is 8.14. The zero-order valence-corrected chi connectivity index (χ0v) is 17.8. The fraction of sp³-hybridized carbons (Fsp3) is 0.450. The Morgan fingerprint density at radius 2 is 1.79 bits per heavy atom. The number of thioether (sulfide) groups is 1. The minimum atomic E-state index is -0.499. The first-order valence-corrected chi connectivity index (χ1v) is 10.1. The Morgan fingerprint density at radius 3 is 2.36 bits per heavy atom. The van der Waals surface area contributed by atoms with Crippen molar-refractivity contribution in [3.05, 3.63) is 41.1 Å². The number of amidine groups is 1. The maximum atomic E-state index is 12.5. The molecule has 28 heavy (non-hydrogen) atoms. The summed E-state index contributed by atoms with van der Waals surface area (Å²) in [6.07, 6.45) is 0. The van der Waals surface area contributed by atoms with Crippen molar-refractivity contribution in [1.29, 1.82) is 0 Å². The highest BCUT2D eigenvalue weighted by Gasteiger charge is 2.30. The quantitative estimate of drug-likeness (QED) is 0.699. The van der Waals surface area contributed by atoms with E-state index < -0.39 is 12.0 Å². The molecule has 0 saturated carbocycles. The molecule has 1 aromatic carbocycles. The number of aliphatic imine (C=N–C) groups is 1. The number of allylic oxidation sites excluding steroid dienone is 1. The zero-order valence-electron chi connectivity index (χ0n) is 16.9. The monoisotopic (exact) mass is 405 g/mol. The molecule has 1 aliphatic rings. The van der Waals surface area contributed by atoms with Gasteiger partial charge in [0.1, 0.15) is 6.04 Å². The molecule has 1 aliphatic heterocycles. The van der Waals surface area contributed by atoms with E-state index in [4.69, 9.17) is 9.47 Å². The number of esters is 2. The van der Waals surface area contributed by atoms with E-state index in [-0.39, 0.29) is 18.3 Å². The fourth-order valence-corrected chi connectivity index (χ4v) is 3.46. The number of rotatable bonds is 7. The van der Waals surface area contributed by atoms with Crippen LogP contribution in [-0.2, 0) is 19.1 Å². The van der Waals surface area contributed by atoms with Gasteiger partial charge in [-0.15, -0.1) is 0 Å². The topological polar surface area (TPSA) is 80.2 Å². The van der Waals surface area contributed by atoms with Gasteiger partial charge in [0, 0.05) is 25.5 Å². The SMILES string of the molecule is CCOC(=O)CSC1=N[C@@H](c2ccc(N(C)C)cc2)C(C(=O)OCC)=C(C)N1. The van der Waals surface area contributed by atoms with Gasteiger partial charge in [0.05, 0.1) is 24.5 Å². The predicted molar refractivity (Wildman–Crippen MR) is 113 cm³/mol. The van der Waals surface area contributed by atoms with Crippen molar-refractivity contribution in [2.75, 3.05) is 38.0 Å². The third-order valence-corrected chi connectivity index (χ3v) is 4.93. The molecule has 152 valence electrons. The fourth-order valence-electron chi connectivity index (χ4n) is 2.72. The van der Waals surface area contributed by atoms with Crippen molar-refractivity contribution >= 4 is 34.6 Å². The van der Waals surface area contributed by atoms with E-state index in [0.29, 0.717) is 23.0 Å². The molecule has 0 bridgehead atoms. The van der Waals surface area contributed by atoms with Crippen LogP contribution in [0.15, 0.2) is 40.5 Å². The summed E-state index contributed by atoms with van der Waals surface area (Å²) in [5.41, 5.74) is 3.07. The van der Waals surface area contributed by atoms with Gasteiger partial charge in [-0.25, -0.2) is 9.79 Å². The molecule has 0 aromatic heterocycles. The van der Waals surface area contributed by atoms with Gasteiger partial charge in [0.2, 0.25) is 0 Å². The van der Waals surface area contributed by atoms with Crippen LogP contribution in [0.1, 0.15) is 32.4 Å². The summed E-state index contributed by atoms with van der Waals surface area (Å²) in [7, 11) is 3.94. The van der Waals surface area contributed by atoms with Gasteiger partial charge in [-0.1, -0.05) is 23.9 Å². The molecule has 1 aromatic rings. The summed E-state index contributed by atoms with van der Waals surface area (Å²) < 4.78 is 10.2. The van der Waals surface area contributed by atoms with E-state index in [1.807, 2.05) is 50.2 Å². The van der Waals surface area contributed by atoms with Gasteiger partial charge in [0.15, 0.2) is 5.17 Å². The van der Waals surface area contributed by atoms with Crippen molar-refractivity contribution in [2.45, 2.75) is 26.8 Å². The minimum Gasteiger partial charge on any atom is -0.465 e. The van der Waals surface area contributed by atoms with Crippen LogP contribution in [0, 0.1) is 0 Å². The third-order valence-electron chi connectivity index (χ3n) is 4.07. The number of hydrogen-bond donors (Lipinski definition) is 1. The molecule has 1 atom stereocenters. The number of carbonyl (C=O) groups is 2. The van der Waals surface area contributed by atoms with Gasteiger partial charge in [-0.2, -0.15) is 0 Å². The Morgan fingerprint density at radius 1 is 1.14 bits per heavy atom. The lowest BCUT2D eigenvalue weighted by atomic mass is 9.96. The van der Waals surface area contributed by atoms with E-state index in [2.05, 4.69) is 10.3 Å². The third kappa shape index (κ3) is 5.51. The Kier molecular flexibility index (Phi) is 7.92. The second kappa shape index (κ2) is 10.2. The van der Waals surface area contributed by atoms with Gasteiger partial charge >= 0.3 is 11.9 Å². The van der Waals surface area contributed by atoms with Crippen LogP contribution in [0.3, 0.4) is 0 Å². The number of nitrogens with one attached hydrogen (secondary N) is 1. The molecule has 0 amide bonds. The van der Waals surface area contributed by atoms with Crippen molar-refractivity contribution < 1.29 is 19.1 Å². The van der Waals surface area contributed by atoms with Crippen LogP contribution >= 0.6 is 11.8 Å². The van der Waals surface area contributed by atoms with E-state index in [1.165, 1.54) is 11.8 Å². The van der Waals surface area contributed by atoms with E-state index in [1.54, 1.807) is 13.8 Å². The van der Waals surface area contributed by atoms with Gasteiger partial charge < -0.3 is 19.7 Å². The molecule has 0 unspecified atom stereocenters. The lowest BCUT2D eigenvalue weighted by Gasteiger charge is -2.26. The van der Waals surface area contributed by atoms with Crippen LogP contribution in [0.5, 0.6) is 0 Å². The molecule has 0 radical (unpaired) electrons. The second-order valence-electron chi connectivity index (χ2n) is 6.30. The Balaban J connectivity index is 2.32. The van der Waals surface area contributed by atoms with Crippen LogP contribution < -0.4 is 10.2 Å². The van der Waals surface area contributed by atoms with E-state index >= 15 is 0 Å². The van der Waals surface area contributed by atoms with Crippen LogP contribution in [-0.4, -0.2) is 50.2 Å². The number of hydrogen-bond acceptors (Lipinski definition) is 8. The summed E-state index contributed by atoms with van der Waals surface area (Å²) in [6.45, 7) is 5.98. The predicted octanol–water partition coefficient (Wildman–Crippen LogP) is 2.89. The molecule has 0 spiro atoms. The molecule has 8 heteroatoms. The highest BCUT2D eigenvalue weighted by atomic mass is 32.2. The normalized spacial score (nSPS) is 16.2. The van der Waals surface area contributed by atoms with Crippen molar-refractivity contribution in [3.8, 4) is 0 Å². The Labute approximate surface area is 170 Å². The molecule has 1 heterocycles. The molecule has 2 rings (SSSR count). The Bertz CT molecular complexity index is 772. The number of ether oxygens (including phenoxy) is 2. The standard InChI is InChI=1S/C20H27N3O4S/c1-6-26-16(24)12-28-20-21-13(3)17(19(25)27-7-2)18(22-20)14-8-10-15(11-9-14)23(4)5/h8-11,18H,6-7,12H2,1-5H3,(H,21,22)/t18-/m0/s1. The van der Waals surface area contributed by atoms with Gasteiger partial charge in [0.25, 0.3) is 0 Å². The molecule has 0 fully saturated rings. The Hall–Kier alpha value is -2.48. The van der Waals surface area contributed by atoms with Crippen LogP contribution in [0.2, 0.25) is 0 Å². The smallest absolute Gasteiger partial charge is 0.338 e. The summed E-state index contributed by atoms with van der Waals surface area (Å²) in [5, 5.41) is 3.68. The first-order chi connectivity index (χ1) is 13.4. The minimum absolute atomic E-state index is 0.147. The van der Waals surface area contributed by atoms with Crippen molar-refractivity contribution in [2.24, 2.45) is 4.99 Å². The second-order valence-corrected chi connectivity index (χ2v) is 7.26. The van der Waals surface area contributed by atoms with Gasteiger partial charge in [-0.3, -0.25) is 4.79 Å². The summed E-state index contributed by atoms with van der Waals surface area (Å²) in [4.78, 5) is 30.9. The molecular weight excluding hydrogens is 378 g/mol. The summed E-state index contributed by atoms with van der Waals surface area (Å²) >= 11 is 1.25. The van der Waals surface area contributed by atoms with Crippen LogP contribution in [0.4, 0.5) is 5.69 Å². The molecular formula is C20H27N3O4S. The first-order valence-electron chi connectivity index (χ1n) is 9.15. The molecule has 0 aliphatic carbocycles. The first kappa shape index (κ1) is 21.8. The molecule has 0 saturated heterocycles.